The highest BCUT2D eigenvalue weighted by Crippen LogP contribution is 2.26. The van der Waals surface area contributed by atoms with Gasteiger partial charge in [0.25, 0.3) is 0 Å². The van der Waals surface area contributed by atoms with E-state index in [1.54, 1.807) is 17.0 Å². The number of hydrogen-bond donors (Lipinski definition) is 1. The largest absolute Gasteiger partial charge is 0.478 e. The molecule has 0 atom stereocenters. The number of nitrogens with zero attached hydrogens (tertiary/aromatic N) is 4. The first-order valence-corrected chi connectivity index (χ1v) is 7.90. The molecule has 0 saturated heterocycles. The minimum atomic E-state index is -0.922. The standard InChI is InChI=1S/C17H17ClN4O2/c1-4-11(17(23)24)8-14-10(2)20-21(3)16(14)22-6-5-12-7-13(18)9-19-15(12)22/h5-9H,4H2,1-3H3,(H,23,24). The molecule has 3 aromatic heterocycles. The molecule has 0 bridgehead atoms. The van der Waals surface area contributed by atoms with Gasteiger partial charge >= 0.3 is 5.97 Å². The van der Waals surface area contributed by atoms with Crippen LogP contribution in [0.2, 0.25) is 5.02 Å². The Bertz CT molecular complexity index is 969. The van der Waals surface area contributed by atoms with Crippen molar-refractivity contribution in [2.24, 2.45) is 7.05 Å². The lowest BCUT2D eigenvalue weighted by Crippen LogP contribution is -2.05. The predicted octanol–water partition coefficient (Wildman–Crippen LogP) is 3.60. The van der Waals surface area contributed by atoms with Gasteiger partial charge in [-0.3, -0.25) is 9.25 Å². The van der Waals surface area contributed by atoms with E-state index >= 15 is 0 Å². The molecule has 24 heavy (non-hydrogen) atoms. The molecule has 1 N–H and O–H groups in total. The molecule has 6 nitrogen and oxygen atoms in total. The van der Waals surface area contributed by atoms with Gasteiger partial charge in [-0.05, 0) is 31.6 Å². The van der Waals surface area contributed by atoms with Crippen molar-refractivity contribution in [2.45, 2.75) is 20.3 Å². The molecular weight excluding hydrogens is 328 g/mol. The van der Waals surface area contributed by atoms with Crippen molar-refractivity contribution < 1.29 is 9.90 Å². The van der Waals surface area contributed by atoms with Crippen LogP contribution < -0.4 is 0 Å². The SMILES string of the molecule is CCC(=Cc1c(C)nn(C)c1-n1ccc2cc(Cl)cnc21)C(=O)O. The lowest BCUT2D eigenvalue weighted by Gasteiger charge is -2.08. The molecule has 0 unspecified atom stereocenters. The van der Waals surface area contributed by atoms with E-state index < -0.39 is 5.97 Å². The maximum absolute atomic E-state index is 11.4. The smallest absolute Gasteiger partial charge is 0.331 e. The Labute approximate surface area is 144 Å². The Kier molecular flexibility index (Phi) is 4.15. The van der Waals surface area contributed by atoms with Crippen molar-refractivity contribution in [1.29, 1.82) is 0 Å². The van der Waals surface area contributed by atoms with Crippen molar-refractivity contribution in [3.05, 3.63) is 46.4 Å². The topological polar surface area (TPSA) is 72.9 Å². The van der Waals surface area contributed by atoms with Gasteiger partial charge in [0, 0.05) is 36.0 Å². The van der Waals surface area contributed by atoms with Crippen LogP contribution in [0.5, 0.6) is 0 Å². The Hall–Kier alpha value is -2.60. The average Bonchev–Trinajstić information content (AvgIpc) is 3.04. The molecule has 3 heterocycles. The Balaban J connectivity index is 2.26. The molecular formula is C17H17ClN4O2. The number of carboxylic acid groups (broad SMARTS) is 1. The van der Waals surface area contributed by atoms with E-state index in [1.807, 2.05) is 43.8 Å². The van der Waals surface area contributed by atoms with Crippen LogP contribution in [0.15, 0.2) is 30.1 Å². The average molecular weight is 345 g/mol. The molecule has 0 amide bonds. The number of aliphatic carboxylic acids is 1. The number of pyridine rings is 1. The molecule has 0 aliphatic rings. The monoisotopic (exact) mass is 344 g/mol. The maximum atomic E-state index is 11.4. The first kappa shape index (κ1) is 16.3. The molecule has 0 aliphatic heterocycles. The van der Waals surface area contributed by atoms with Crippen molar-refractivity contribution in [3.8, 4) is 5.82 Å². The summed E-state index contributed by atoms with van der Waals surface area (Å²) in [6, 6.07) is 3.76. The summed E-state index contributed by atoms with van der Waals surface area (Å²) in [5.74, 6) is -0.154. The highest BCUT2D eigenvalue weighted by atomic mass is 35.5. The minimum absolute atomic E-state index is 0.333. The highest BCUT2D eigenvalue weighted by molar-refractivity contribution is 6.31. The summed E-state index contributed by atoms with van der Waals surface area (Å²) in [4.78, 5) is 15.8. The molecule has 0 spiro atoms. The van der Waals surface area contributed by atoms with Crippen molar-refractivity contribution in [3.63, 3.8) is 0 Å². The van der Waals surface area contributed by atoms with Crippen LogP contribution in [0.25, 0.3) is 22.9 Å². The molecule has 0 fully saturated rings. The van der Waals surface area contributed by atoms with E-state index in [2.05, 4.69) is 10.1 Å². The Morgan fingerprint density at radius 1 is 1.46 bits per heavy atom. The summed E-state index contributed by atoms with van der Waals surface area (Å²) < 4.78 is 3.62. The Morgan fingerprint density at radius 3 is 2.88 bits per heavy atom. The molecule has 0 radical (unpaired) electrons. The van der Waals surface area contributed by atoms with Crippen LogP contribution in [0.1, 0.15) is 24.6 Å². The zero-order valence-corrected chi connectivity index (χ0v) is 14.4. The summed E-state index contributed by atoms with van der Waals surface area (Å²) >= 11 is 6.00. The van der Waals surface area contributed by atoms with E-state index in [-0.39, 0.29) is 0 Å². The van der Waals surface area contributed by atoms with E-state index in [0.717, 1.165) is 28.1 Å². The van der Waals surface area contributed by atoms with Gasteiger partial charge in [-0.2, -0.15) is 5.10 Å². The molecule has 7 heteroatoms. The van der Waals surface area contributed by atoms with Gasteiger partial charge < -0.3 is 5.11 Å². The molecule has 3 rings (SSSR count). The van der Waals surface area contributed by atoms with Crippen LogP contribution in [0.4, 0.5) is 0 Å². The maximum Gasteiger partial charge on any atom is 0.331 e. The van der Waals surface area contributed by atoms with Gasteiger partial charge in [-0.1, -0.05) is 18.5 Å². The first-order valence-electron chi connectivity index (χ1n) is 7.52. The van der Waals surface area contributed by atoms with Crippen molar-refractivity contribution >= 4 is 34.7 Å². The van der Waals surface area contributed by atoms with E-state index in [4.69, 9.17) is 11.6 Å². The van der Waals surface area contributed by atoms with Crippen LogP contribution in [-0.2, 0) is 11.8 Å². The Morgan fingerprint density at radius 2 is 2.21 bits per heavy atom. The van der Waals surface area contributed by atoms with Crippen molar-refractivity contribution in [2.75, 3.05) is 0 Å². The summed E-state index contributed by atoms with van der Waals surface area (Å²) in [7, 11) is 1.83. The number of hydrogen-bond acceptors (Lipinski definition) is 3. The van der Waals surface area contributed by atoms with Gasteiger partial charge in [0.2, 0.25) is 0 Å². The number of carboxylic acids is 1. The van der Waals surface area contributed by atoms with Crippen LogP contribution in [0.3, 0.4) is 0 Å². The fourth-order valence-electron chi connectivity index (χ4n) is 2.77. The van der Waals surface area contributed by atoms with E-state index in [1.165, 1.54) is 0 Å². The molecule has 3 aromatic rings. The zero-order valence-electron chi connectivity index (χ0n) is 13.6. The third kappa shape index (κ3) is 2.69. The number of carbonyl (C=O) groups is 1. The normalized spacial score (nSPS) is 12.1. The first-order chi connectivity index (χ1) is 11.4. The fourth-order valence-corrected chi connectivity index (χ4v) is 2.94. The zero-order chi connectivity index (χ0) is 17.4. The lowest BCUT2D eigenvalue weighted by atomic mass is 10.1. The number of fused-ring (bicyclic) bond motifs is 1. The summed E-state index contributed by atoms with van der Waals surface area (Å²) in [6.07, 6.45) is 5.59. The van der Waals surface area contributed by atoms with Gasteiger partial charge in [-0.25, -0.2) is 9.78 Å². The quantitative estimate of drug-likeness (QED) is 0.734. The van der Waals surface area contributed by atoms with Crippen molar-refractivity contribution in [1.82, 2.24) is 19.3 Å². The molecule has 0 saturated carbocycles. The number of rotatable bonds is 4. The second-order valence-corrected chi connectivity index (χ2v) is 5.96. The third-order valence-electron chi connectivity index (χ3n) is 3.93. The van der Waals surface area contributed by atoms with Gasteiger partial charge in [-0.15, -0.1) is 0 Å². The molecule has 0 aromatic carbocycles. The van der Waals surface area contributed by atoms with Gasteiger partial charge in [0.15, 0.2) is 0 Å². The summed E-state index contributed by atoms with van der Waals surface area (Å²) in [5, 5.41) is 15.2. The van der Waals surface area contributed by atoms with E-state index in [9.17, 15) is 9.90 Å². The summed E-state index contributed by atoms with van der Waals surface area (Å²) in [6.45, 7) is 3.68. The van der Waals surface area contributed by atoms with E-state index in [0.29, 0.717) is 17.0 Å². The lowest BCUT2D eigenvalue weighted by molar-refractivity contribution is -0.132. The molecule has 124 valence electrons. The fraction of sp³-hybridized carbons (Fsp3) is 0.235. The van der Waals surface area contributed by atoms with Crippen LogP contribution >= 0.6 is 11.6 Å². The molecule has 0 aliphatic carbocycles. The summed E-state index contributed by atoms with van der Waals surface area (Å²) in [5.41, 5.74) is 2.60. The third-order valence-corrected chi connectivity index (χ3v) is 4.14. The second kappa shape index (κ2) is 6.13. The second-order valence-electron chi connectivity index (χ2n) is 5.53. The van der Waals surface area contributed by atoms with Crippen LogP contribution in [0, 0.1) is 6.92 Å². The van der Waals surface area contributed by atoms with Gasteiger partial charge in [0.1, 0.15) is 11.5 Å². The van der Waals surface area contributed by atoms with Gasteiger partial charge in [0.05, 0.1) is 10.7 Å². The number of halogens is 1. The highest BCUT2D eigenvalue weighted by Gasteiger charge is 2.17. The minimum Gasteiger partial charge on any atom is -0.478 e. The van der Waals surface area contributed by atoms with Crippen LogP contribution in [-0.4, -0.2) is 30.4 Å². The number of aromatic nitrogens is 4. The predicted molar refractivity (Wildman–Crippen MR) is 93.5 cm³/mol. The number of aryl methyl sites for hydroxylation is 2.